The quantitative estimate of drug-likeness (QED) is 0.851. The van der Waals surface area contributed by atoms with Crippen LogP contribution >= 0.6 is 22.9 Å². The first-order chi connectivity index (χ1) is 9.47. The number of nitrogen functional groups attached to an aromatic ring is 1. The lowest BCUT2D eigenvalue weighted by atomic mass is 10.1. The Morgan fingerprint density at radius 1 is 1.30 bits per heavy atom. The molecule has 20 heavy (non-hydrogen) atoms. The lowest BCUT2D eigenvalue weighted by molar-refractivity contribution is 0.0950. The molecule has 2 rings (SSSR count). The summed E-state index contributed by atoms with van der Waals surface area (Å²) in [7, 11) is 0. The summed E-state index contributed by atoms with van der Waals surface area (Å²) < 4.78 is 27.1. The zero-order chi connectivity index (χ0) is 14.7. The molecular weight excluding hydrogens is 306 g/mol. The predicted octanol–water partition coefficient (Wildman–Crippen LogP) is 3.23. The number of amides is 1. The van der Waals surface area contributed by atoms with Gasteiger partial charge in [0.15, 0.2) is 0 Å². The van der Waals surface area contributed by atoms with Crippen LogP contribution in [0.15, 0.2) is 24.3 Å². The Morgan fingerprint density at radius 2 is 2.05 bits per heavy atom. The van der Waals surface area contributed by atoms with Crippen LogP contribution in [0.3, 0.4) is 0 Å². The molecule has 0 saturated heterocycles. The van der Waals surface area contributed by atoms with Crippen molar-refractivity contribution in [3.8, 4) is 0 Å². The van der Waals surface area contributed by atoms with E-state index in [9.17, 15) is 13.6 Å². The molecule has 1 amide bonds. The Bertz CT molecular complexity index is 645. The molecule has 0 aliphatic heterocycles. The van der Waals surface area contributed by atoms with Gasteiger partial charge in [0.25, 0.3) is 5.91 Å². The summed E-state index contributed by atoms with van der Waals surface area (Å²) in [6.07, 6.45) is 0.585. The molecule has 1 heterocycles. The van der Waals surface area contributed by atoms with E-state index in [0.717, 1.165) is 10.9 Å². The molecule has 0 unspecified atom stereocenters. The van der Waals surface area contributed by atoms with Crippen molar-refractivity contribution in [2.24, 2.45) is 0 Å². The van der Waals surface area contributed by atoms with Crippen LogP contribution in [-0.2, 0) is 6.42 Å². The van der Waals surface area contributed by atoms with Gasteiger partial charge in [0.05, 0.1) is 15.6 Å². The van der Waals surface area contributed by atoms with Gasteiger partial charge in [-0.1, -0.05) is 11.6 Å². The maximum Gasteiger partial charge on any atom is 0.254 e. The van der Waals surface area contributed by atoms with E-state index in [1.807, 2.05) is 6.07 Å². The molecule has 1 aromatic heterocycles. The predicted molar refractivity (Wildman–Crippen MR) is 76.1 cm³/mol. The van der Waals surface area contributed by atoms with Crippen molar-refractivity contribution < 1.29 is 13.6 Å². The second-order valence-corrected chi connectivity index (χ2v) is 5.86. The Kier molecular flexibility index (Phi) is 4.57. The van der Waals surface area contributed by atoms with Gasteiger partial charge in [0.2, 0.25) is 0 Å². The average Bonchev–Trinajstić information content (AvgIpc) is 2.79. The lowest BCUT2D eigenvalue weighted by Crippen LogP contribution is -2.26. The first-order valence-electron chi connectivity index (χ1n) is 5.74. The molecule has 2 aromatic rings. The minimum absolute atomic E-state index is 0.262. The van der Waals surface area contributed by atoms with Crippen molar-refractivity contribution in [3.63, 3.8) is 0 Å². The SMILES string of the molecule is Nc1cc(C(=O)NCCc2ccc(Cl)s2)c(F)cc1F. The van der Waals surface area contributed by atoms with E-state index in [0.29, 0.717) is 23.4 Å². The highest BCUT2D eigenvalue weighted by molar-refractivity contribution is 7.16. The third-order valence-corrected chi connectivity index (χ3v) is 3.91. The van der Waals surface area contributed by atoms with Crippen molar-refractivity contribution in [3.05, 3.63) is 50.7 Å². The highest BCUT2D eigenvalue weighted by Crippen LogP contribution is 2.21. The first kappa shape index (κ1) is 14.7. The maximum atomic E-state index is 13.5. The van der Waals surface area contributed by atoms with Crippen molar-refractivity contribution in [1.82, 2.24) is 5.32 Å². The van der Waals surface area contributed by atoms with E-state index in [-0.39, 0.29) is 11.3 Å². The van der Waals surface area contributed by atoms with Crippen LogP contribution < -0.4 is 11.1 Å². The number of rotatable bonds is 4. The summed E-state index contributed by atoms with van der Waals surface area (Å²) in [5.41, 5.74) is 4.78. The number of carbonyl (C=O) groups excluding carboxylic acids is 1. The monoisotopic (exact) mass is 316 g/mol. The number of halogens is 3. The van der Waals surface area contributed by atoms with Crippen LogP contribution in [0.25, 0.3) is 0 Å². The molecule has 0 radical (unpaired) electrons. The topological polar surface area (TPSA) is 55.1 Å². The Balaban J connectivity index is 1.97. The number of thiophene rings is 1. The van der Waals surface area contributed by atoms with Gasteiger partial charge in [0.1, 0.15) is 11.6 Å². The number of carbonyl (C=O) groups is 1. The van der Waals surface area contributed by atoms with Gasteiger partial charge in [-0.25, -0.2) is 8.78 Å². The zero-order valence-corrected chi connectivity index (χ0v) is 11.8. The van der Waals surface area contributed by atoms with Crippen LogP contribution in [0.5, 0.6) is 0 Å². The molecule has 0 aliphatic rings. The third-order valence-electron chi connectivity index (χ3n) is 2.62. The van der Waals surface area contributed by atoms with E-state index in [4.69, 9.17) is 17.3 Å². The van der Waals surface area contributed by atoms with Gasteiger partial charge in [-0.2, -0.15) is 0 Å². The molecule has 7 heteroatoms. The molecule has 3 nitrogen and oxygen atoms in total. The minimum atomic E-state index is -0.937. The molecule has 106 valence electrons. The van der Waals surface area contributed by atoms with Gasteiger partial charge >= 0.3 is 0 Å². The summed E-state index contributed by atoms with van der Waals surface area (Å²) in [6.45, 7) is 0.326. The highest BCUT2D eigenvalue weighted by atomic mass is 35.5. The lowest BCUT2D eigenvalue weighted by Gasteiger charge is -2.07. The number of nitrogens with two attached hydrogens (primary N) is 1. The smallest absolute Gasteiger partial charge is 0.254 e. The molecule has 3 N–H and O–H groups in total. The maximum absolute atomic E-state index is 13.5. The summed E-state index contributed by atoms with van der Waals surface area (Å²) in [4.78, 5) is 12.8. The van der Waals surface area contributed by atoms with E-state index >= 15 is 0 Å². The van der Waals surface area contributed by atoms with E-state index in [1.165, 1.54) is 11.3 Å². The molecule has 0 spiro atoms. The summed E-state index contributed by atoms with van der Waals surface area (Å²) in [6, 6.07) is 5.21. The highest BCUT2D eigenvalue weighted by Gasteiger charge is 2.14. The van der Waals surface area contributed by atoms with Crippen molar-refractivity contribution >= 4 is 34.5 Å². The van der Waals surface area contributed by atoms with Crippen LogP contribution in [0.1, 0.15) is 15.2 Å². The summed E-state index contributed by atoms with van der Waals surface area (Å²) >= 11 is 7.20. The standard InChI is InChI=1S/C13H11ClF2N2OS/c14-12-2-1-7(20-12)3-4-18-13(19)8-5-11(17)10(16)6-9(8)15/h1-2,5-6H,3-4,17H2,(H,18,19). The second-order valence-electron chi connectivity index (χ2n) is 4.07. The van der Waals surface area contributed by atoms with E-state index in [1.54, 1.807) is 6.07 Å². The molecular formula is C13H11ClF2N2OS. The normalized spacial score (nSPS) is 10.6. The van der Waals surface area contributed by atoms with Crippen LogP contribution in [-0.4, -0.2) is 12.5 Å². The van der Waals surface area contributed by atoms with Crippen LogP contribution in [0.2, 0.25) is 4.34 Å². The fraction of sp³-hybridized carbons (Fsp3) is 0.154. The largest absolute Gasteiger partial charge is 0.396 e. The Morgan fingerprint density at radius 3 is 2.70 bits per heavy atom. The van der Waals surface area contributed by atoms with Gasteiger partial charge < -0.3 is 11.1 Å². The zero-order valence-electron chi connectivity index (χ0n) is 10.3. The van der Waals surface area contributed by atoms with Crippen molar-refractivity contribution in [2.75, 3.05) is 12.3 Å². The van der Waals surface area contributed by atoms with Crippen LogP contribution in [0.4, 0.5) is 14.5 Å². The average molecular weight is 317 g/mol. The fourth-order valence-electron chi connectivity index (χ4n) is 1.62. The second kappa shape index (κ2) is 6.19. The number of benzene rings is 1. The number of anilines is 1. The number of hydrogen-bond acceptors (Lipinski definition) is 3. The first-order valence-corrected chi connectivity index (χ1v) is 6.93. The molecule has 0 atom stereocenters. The van der Waals surface area contributed by atoms with Crippen molar-refractivity contribution in [2.45, 2.75) is 6.42 Å². The number of hydrogen-bond donors (Lipinski definition) is 2. The van der Waals surface area contributed by atoms with Gasteiger partial charge in [-0.3, -0.25) is 4.79 Å². The van der Waals surface area contributed by atoms with Crippen LogP contribution in [0, 0.1) is 11.6 Å². The van der Waals surface area contributed by atoms with Crippen molar-refractivity contribution in [1.29, 1.82) is 0 Å². The third kappa shape index (κ3) is 3.46. The number of nitrogens with one attached hydrogen (secondary N) is 1. The molecule has 0 bridgehead atoms. The van der Waals surface area contributed by atoms with Gasteiger partial charge in [-0.15, -0.1) is 11.3 Å². The molecule has 0 fully saturated rings. The van der Waals surface area contributed by atoms with Gasteiger partial charge in [0, 0.05) is 17.5 Å². The Labute approximate surface area is 123 Å². The van der Waals surface area contributed by atoms with Gasteiger partial charge in [-0.05, 0) is 24.6 Å². The Hall–Kier alpha value is -1.66. The van der Waals surface area contributed by atoms with E-state index < -0.39 is 17.5 Å². The fourth-order valence-corrected chi connectivity index (χ4v) is 2.71. The summed E-state index contributed by atoms with van der Waals surface area (Å²) in [5, 5.41) is 2.55. The summed E-state index contributed by atoms with van der Waals surface area (Å²) in [5.74, 6) is -2.45. The molecule has 0 aliphatic carbocycles. The van der Waals surface area contributed by atoms with E-state index in [2.05, 4.69) is 5.32 Å². The molecule has 1 aromatic carbocycles. The minimum Gasteiger partial charge on any atom is -0.396 e. The molecule has 0 saturated carbocycles.